The highest BCUT2D eigenvalue weighted by Crippen LogP contribution is 2.15. The Morgan fingerprint density at radius 3 is 2.19 bits per heavy atom. The average molecular weight is 388 g/mol. The first-order chi connectivity index (χ1) is 11.9. The Morgan fingerprint density at radius 2 is 1.73 bits per heavy atom. The molecule has 0 saturated carbocycles. The van der Waals surface area contributed by atoms with E-state index < -0.39 is 27.9 Å². The van der Waals surface area contributed by atoms with Gasteiger partial charge in [-0.2, -0.15) is 8.42 Å². The van der Waals surface area contributed by atoms with Gasteiger partial charge in [-0.15, -0.1) is 0 Å². The van der Waals surface area contributed by atoms with E-state index in [2.05, 4.69) is 19.9 Å². The van der Waals surface area contributed by atoms with Gasteiger partial charge < -0.3 is 20.3 Å². The van der Waals surface area contributed by atoms with E-state index in [0.29, 0.717) is 5.56 Å². The third kappa shape index (κ3) is 8.67. The number of carbonyl (C=O) groups is 2. The summed E-state index contributed by atoms with van der Waals surface area (Å²) < 4.78 is 31.2. The van der Waals surface area contributed by atoms with Crippen molar-refractivity contribution in [1.29, 1.82) is 0 Å². The fraction of sp³-hybridized carbons (Fsp3) is 0.500. The smallest absolute Gasteiger partial charge is 0.408 e. The Morgan fingerprint density at radius 1 is 1.15 bits per heavy atom. The van der Waals surface area contributed by atoms with Gasteiger partial charge in [0, 0.05) is 13.5 Å². The normalized spacial score (nSPS) is 12.8. The van der Waals surface area contributed by atoms with Crippen molar-refractivity contribution in [3.8, 4) is 5.75 Å². The van der Waals surface area contributed by atoms with Crippen LogP contribution in [0.4, 0.5) is 4.79 Å². The topological polar surface area (TPSA) is 120 Å². The van der Waals surface area contributed by atoms with E-state index in [-0.39, 0.29) is 18.1 Å². The van der Waals surface area contributed by atoms with Crippen molar-refractivity contribution in [2.45, 2.75) is 38.8 Å². The molecular weight excluding hydrogens is 364 g/mol. The Hall–Kier alpha value is -2.33. The summed E-state index contributed by atoms with van der Waals surface area (Å²) in [5, 5.41) is 5.01. The minimum absolute atomic E-state index is 0.177. The van der Waals surface area contributed by atoms with Crippen LogP contribution in [0.15, 0.2) is 24.3 Å². The fourth-order valence-electron chi connectivity index (χ4n) is 1.85. The molecule has 9 nitrogen and oxygen atoms in total. The minimum atomic E-state index is -3.73. The number of hydrogen-bond donors (Lipinski definition) is 2. The van der Waals surface area contributed by atoms with Crippen LogP contribution in [0, 0.1) is 0 Å². The van der Waals surface area contributed by atoms with Gasteiger partial charge in [-0.05, 0) is 38.5 Å². The van der Waals surface area contributed by atoms with Crippen molar-refractivity contribution in [1.82, 2.24) is 10.6 Å². The van der Waals surface area contributed by atoms with E-state index in [9.17, 15) is 18.0 Å². The summed E-state index contributed by atoms with van der Waals surface area (Å²) >= 11 is 0. The zero-order valence-electron chi connectivity index (χ0n) is 15.4. The van der Waals surface area contributed by atoms with Crippen LogP contribution in [0.2, 0.25) is 0 Å². The molecule has 0 aliphatic heterocycles. The summed E-state index contributed by atoms with van der Waals surface area (Å²) in [6, 6.07) is 5.36. The predicted molar refractivity (Wildman–Crippen MR) is 93.9 cm³/mol. The van der Waals surface area contributed by atoms with Gasteiger partial charge in [0.15, 0.2) is 5.75 Å². The molecule has 0 saturated heterocycles. The molecule has 0 spiro atoms. The second-order valence-corrected chi connectivity index (χ2v) is 8.06. The number of carbonyl (C=O) groups excluding carboxylic acids is 2. The van der Waals surface area contributed by atoms with Gasteiger partial charge in [0.1, 0.15) is 11.6 Å². The van der Waals surface area contributed by atoms with Crippen molar-refractivity contribution < 1.29 is 32.0 Å². The first-order valence-corrected chi connectivity index (χ1v) is 9.57. The SMILES string of the molecule is CNC(=O)[C@H](Cc1ccc(OOS(C)(=O)=O)cc1)NC(=O)OC(C)(C)C. The van der Waals surface area contributed by atoms with Gasteiger partial charge in [-0.1, -0.05) is 16.5 Å². The molecule has 2 amide bonds. The molecule has 1 atom stereocenters. The molecule has 0 aliphatic rings. The second kappa shape index (κ2) is 8.86. The molecule has 2 N–H and O–H groups in total. The highest BCUT2D eigenvalue weighted by molar-refractivity contribution is 7.85. The number of alkyl carbamates (subject to hydrolysis) is 1. The molecule has 1 rings (SSSR count). The predicted octanol–water partition coefficient (Wildman–Crippen LogP) is 1.14. The maximum Gasteiger partial charge on any atom is 0.408 e. The Balaban J connectivity index is 2.76. The first kappa shape index (κ1) is 21.7. The second-order valence-electron chi connectivity index (χ2n) is 6.52. The third-order valence-corrected chi connectivity index (χ3v) is 3.19. The monoisotopic (exact) mass is 388 g/mol. The number of nitrogens with one attached hydrogen (secondary N) is 2. The lowest BCUT2D eigenvalue weighted by atomic mass is 10.1. The molecule has 0 aliphatic carbocycles. The molecule has 146 valence electrons. The quantitative estimate of drug-likeness (QED) is 0.531. The number of benzene rings is 1. The maximum absolute atomic E-state index is 12.0. The molecule has 0 bridgehead atoms. The molecule has 26 heavy (non-hydrogen) atoms. The van der Waals surface area contributed by atoms with Crippen LogP contribution in [0.1, 0.15) is 26.3 Å². The van der Waals surface area contributed by atoms with Crippen molar-refractivity contribution >= 4 is 22.1 Å². The molecule has 0 heterocycles. The fourth-order valence-corrected chi connectivity index (χ4v) is 2.05. The standard InChI is InChI=1S/C16H24N2O7S/c1-16(2,3)23-15(20)18-13(14(19)17-4)10-11-6-8-12(9-7-11)24-25-26(5,21)22/h6-9,13H,10H2,1-5H3,(H,17,19)(H,18,20)/t13-/m0/s1. The summed E-state index contributed by atoms with van der Waals surface area (Å²) in [4.78, 5) is 28.6. The van der Waals surface area contributed by atoms with Crippen molar-refractivity contribution in [3.05, 3.63) is 29.8 Å². The van der Waals surface area contributed by atoms with E-state index >= 15 is 0 Å². The molecular formula is C16H24N2O7S. The molecule has 0 aromatic heterocycles. The van der Waals surface area contributed by atoms with Crippen LogP contribution in [-0.4, -0.2) is 45.4 Å². The summed E-state index contributed by atoms with van der Waals surface area (Å²) in [6.07, 6.45) is 0.358. The van der Waals surface area contributed by atoms with Gasteiger partial charge in [0.2, 0.25) is 5.91 Å². The zero-order chi connectivity index (χ0) is 20.0. The van der Waals surface area contributed by atoms with Gasteiger partial charge in [0.25, 0.3) is 10.1 Å². The summed E-state index contributed by atoms with van der Waals surface area (Å²) in [5.74, 6) is -0.202. The van der Waals surface area contributed by atoms with E-state index in [1.807, 2.05) is 0 Å². The number of ether oxygens (including phenoxy) is 1. The van der Waals surface area contributed by atoms with E-state index in [1.165, 1.54) is 19.2 Å². The summed E-state index contributed by atoms with van der Waals surface area (Å²) in [5.41, 5.74) is 0.0250. The van der Waals surface area contributed by atoms with Crippen molar-refractivity contribution in [2.75, 3.05) is 13.3 Å². The Bertz CT molecular complexity index is 724. The van der Waals surface area contributed by atoms with Crippen molar-refractivity contribution in [2.24, 2.45) is 0 Å². The molecule has 1 aromatic rings. The number of amides is 2. The van der Waals surface area contributed by atoms with Crippen LogP contribution in [0.25, 0.3) is 0 Å². The zero-order valence-corrected chi connectivity index (χ0v) is 16.2. The van der Waals surface area contributed by atoms with Crippen LogP contribution < -0.4 is 15.5 Å². The van der Waals surface area contributed by atoms with E-state index in [0.717, 1.165) is 6.26 Å². The highest BCUT2D eigenvalue weighted by atomic mass is 32.2. The van der Waals surface area contributed by atoms with Crippen molar-refractivity contribution in [3.63, 3.8) is 0 Å². The Labute approximate surface area is 153 Å². The summed E-state index contributed by atoms with van der Waals surface area (Å²) in [7, 11) is -2.27. The first-order valence-electron chi connectivity index (χ1n) is 7.76. The maximum atomic E-state index is 12.0. The average Bonchev–Trinajstić information content (AvgIpc) is 2.50. The largest absolute Gasteiger partial charge is 0.444 e. The molecule has 1 aromatic carbocycles. The Kier molecular flexibility index (Phi) is 7.40. The molecule has 0 radical (unpaired) electrons. The van der Waals surface area contributed by atoms with Gasteiger partial charge in [-0.25, -0.2) is 4.79 Å². The lowest BCUT2D eigenvalue weighted by Crippen LogP contribution is -2.48. The lowest BCUT2D eigenvalue weighted by Gasteiger charge is -2.23. The van der Waals surface area contributed by atoms with Gasteiger partial charge in [0.05, 0.1) is 6.26 Å². The molecule has 0 fully saturated rings. The lowest BCUT2D eigenvalue weighted by molar-refractivity contribution is -0.122. The van der Waals surface area contributed by atoms with Crippen LogP contribution in [0.3, 0.4) is 0 Å². The molecule has 0 unspecified atom stereocenters. The van der Waals surface area contributed by atoms with E-state index in [4.69, 9.17) is 4.74 Å². The van der Waals surface area contributed by atoms with Gasteiger partial charge >= 0.3 is 6.09 Å². The van der Waals surface area contributed by atoms with Gasteiger partial charge in [-0.3, -0.25) is 4.79 Å². The number of rotatable bonds is 7. The van der Waals surface area contributed by atoms with Crippen LogP contribution >= 0.6 is 0 Å². The minimum Gasteiger partial charge on any atom is -0.444 e. The highest BCUT2D eigenvalue weighted by Gasteiger charge is 2.24. The number of likely N-dealkylation sites (N-methyl/N-ethyl adjacent to an activating group) is 1. The van der Waals surface area contributed by atoms with E-state index in [1.54, 1.807) is 32.9 Å². The number of hydrogen-bond acceptors (Lipinski definition) is 7. The van der Waals surface area contributed by atoms with Crippen LogP contribution in [-0.2, 0) is 30.4 Å². The molecule has 10 heteroatoms. The third-order valence-electron chi connectivity index (χ3n) is 2.87. The van der Waals surface area contributed by atoms with Crippen LogP contribution in [0.5, 0.6) is 5.75 Å². The summed E-state index contributed by atoms with van der Waals surface area (Å²) in [6.45, 7) is 5.16.